The predicted octanol–water partition coefficient (Wildman–Crippen LogP) is 0.233. The number of nitriles is 1. The fourth-order valence-electron chi connectivity index (χ4n) is 1.66. The van der Waals surface area contributed by atoms with Gasteiger partial charge in [0.25, 0.3) is 0 Å². The van der Waals surface area contributed by atoms with Crippen molar-refractivity contribution < 1.29 is 4.74 Å². The first-order valence-corrected chi connectivity index (χ1v) is 3.62. The fraction of sp³-hybridized carbons (Fsp3) is 0.857. The molecule has 0 aromatic rings. The summed E-state index contributed by atoms with van der Waals surface area (Å²) in [5.41, 5.74) is 0. The topological polar surface area (TPSA) is 45.0 Å². The molecule has 4 unspecified atom stereocenters. The summed E-state index contributed by atoms with van der Waals surface area (Å²) in [5, 5.41) is 11.9. The van der Waals surface area contributed by atoms with Crippen molar-refractivity contribution in [2.24, 2.45) is 5.92 Å². The molecule has 0 aromatic heterocycles. The van der Waals surface area contributed by atoms with E-state index in [9.17, 15) is 0 Å². The van der Waals surface area contributed by atoms with E-state index >= 15 is 0 Å². The van der Waals surface area contributed by atoms with E-state index in [4.69, 9.17) is 10.00 Å². The van der Waals surface area contributed by atoms with Crippen LogP contribution in [0.2, 0.25) is 0 Å². The van der Waals surface area contributed by atoms with E-state index < -0.39 is 0 Å². The molecule has 3 aliphatic heterocycles. The maximum Gasteiger partial charge on any atom is 0.111 e. The molecule has 3 heteroatoms. The van der Waals surface area contributed by atoms with Crippen molar-refractivity contribution in [1.29, 1.82) is 5.26 Å². The lowest BCUT2D eigenvalue weighted by molar-refractivity contribution is -0.196. The SMILES string of the molecule is CC1NC2CC(O2)C1C#N. The normalized spacial score (nSPS) is 51.2. The van der Waals surface area contributed by atoms with Crippen molar-refractivity contribution >= 4 is 0 Å². The number of rotatable bonds is 0. The monoisotopic (exact) mass is 138 g/mol. The molecule has 3 aliphatic rings. The van der Waals surface area contributed by atoms with Crippen LogP contribution in [-0.2, 0) is 4.74 Å². The molecule has 3 heterocycles. The molecular weight excluding hydrogens is 128 g/mol. The van der Waals surface area contributed by atoms with Gasteiger partial charge < -0.3 is 4.74 Å². The zero-order valence-electron chi connectivity index (χ0n) is 5.87. The standard InChI is InChI=1S/C7H10N2O/c1-4-5(3-8)6-2-7(9-4)10-6/h4-7,9H,2H2,1H3. The number of hydrogen-bond acceptors (Lipinski definition) is 3. The number of hydrogen-bond donors (Lipinski definition) is 1. The molecular formula is C7H10N2O. The number of ether oxygens (including phenoxy) is 1. The molecule has 0 saturated carbocycles. The molecule has 4 atom stereocenters. The Morgan fingerprint density at radius 2 is 2.40 bits per heavy atom. The van der Waals surface area contributed by atoms with Crippen molar-refractivity contribution in [1.82, 2.24) is 5.32 Å². The van der Waals surface area contributed by atoms with Gasteiger partial charge >= 0.3 is 0 Å². The van der Waals surface area contributed by atoms with E-state index in [2.05, 4.69) is 11.4 Å². The third-order valence-electron chi connectivity index (χ3n) is 2.32. The Balaban J connectivity index is 2.10. The van der Waals surface area contributed by atoms with Crippen LogP contribution in [0, 0.1) is 17.2 Å². The van der Waals surface area contributed by atoms with Crippen LogP contribution in [0.1, 0.15) is 13.3 Å². The highest BCUT2D eigenvalue weighted by atomic mass is 16.5. The second-order valence-corrected chi connectivity index (χ2v) is 3.01. The summed E-state index contributed by atoms with van der Waals surface area (Å²) >= 11 is 0. The molecule has 10 heavy (non-hydrogen) atoms. The minimum Gasteiger partial charge on any atom is -0.358 e. The van der Waals surface area contributed by atoms with E-state index in [0.717, 1.165) is 6.42 Å². The Labute approximate surface area is 60.0 Å². The summed E-state index contributed by atoms with van der Waals surface area (Å²) in [6.07, 6.45) is 1.47. The van der Waals surface area contributed by atoms with Crippen LogP contribution in [0.25, 0.3) is 0 Å². The van der Waals surface area contributed by atoms with E-state index in [1.807, 2.05) is 6.92 Å². The van der Waals surface area contributed by atoms with Gasteiger partial charge in [0.1, 0.15) is 6.23 Å². The molecule has 3 saturated heterocycles. The summed E-state index contributed by atoms with van der Waals surface area (Å²) < 4.78 is 5.32. The zero-order chi connectivity index (χ0) is 7.14. The van der Waals surface area contributed by atoms with E-state index in [1.54, 1.807) is 0 Å². The second kappa shape index (κ2) is 1.94. The molecule has 0 radical (unpaired) electrons. The largest absolute Gasteiger partial charge is 0.358 e. The van der Waals surface area contributed by atoms with Gasteiger partial charge in [-0.3, -0.25) is 5.32 Å². The summed E-state index contributed by atoms with van der Waals surface area (Å²) in [7, 11) is 0. The van der Waals surface area contributed by atoms with E-state index in [0.29, 0.717) is 6.04 Å². The van der Waals surface area contributed by atoms with Gasteiger partial charge in [-0.1, -0.05) is 0 Å². The number of fused-ring (bicyclic) bond motifs is 2. The molecule has 54 valence electrons. The predicted molar refractivity (Wildman–Crippen MR) is 35.0 cm³/mol. The van der Waals surface area contributed by atoms with Gasteiger partial charge in [-0.25, -0.2) is 0 Å². The smallest absolute Gasteiger partial charge is 0.111 e. The first-order chi connectivity index (χ1) is 4.81. The summed E-state index contributed by atoms with van der Waals surface area (Å²) in [6, 6.07) is 2.56. The molecule has 2 bridgehead atoms. The van der Waals surface area contributed by atoms with Crippen LogP contribution in [-0.4, -0.2) is 18.4 Å². The third kappa shape index (κ3) is 0.664. The summed E-state index contributed by atoms with van der Waals surface area (Å²) in [5.74, 6) is 0.0602. The van der Waals surface area contributed by atoms with Gasteiger partial charge in [0, 0.05) is 12.5 Å². The molecule has 3 rings (SSSR count). The second-order valence-electron chi connectivity index (χ2n) is 3.01. The Morgan fingerprint density at radius 3 is 2.80 bits per heavy atom. The van der Waals surface area contributed by atoms with Gasteiger partial charge in [-0.05, 0) is 6.92 Å². The molecule has 0 spiro atoms. The highest BCUT2D eigenvalue weighted by Gasteiger charge is 2.45. The first-order valence-electron chi connectivity index (χ1n) is 3.62. The highest BCUT2D eigenvalue weighted by Crippen LogP contribution is 2.32. The Hall–Kier alpha value is -0.590. The van der Waals surface area contributed by atoms with Crippen LogP contribution in [0.3, 0.4) is 0 Å². The van der Waals surface area contributed by atoms with Crippen molar-refractivity contribution in [3.8, 4) is 6.07 Å². The lowest BCUT2D eigenvalue weighted by Gasteiger charge is -2.48. The van der Waals surface area contributed by atoms with Gasteiger partial charge in [0.05, 0.1) is 18.1 Å². The maximum absolute atomic E-state index is 8.69. The molecule has 0 amide bonds. The van der Waals surface area contributed by atoms with Gasteiger partial charge in [0.2, 0.25) is 0 Å². The number of nitrogens with zero attached hydrogens (tertiary/aromatic N) is 1. The zero-order valence-corrected chi connectivity index (χ0v) is 5.87. The van der Waals surface area contributed by atoms with E-state index in [-0.39, 0.29) is 18.2 Å². The molecule has 1 N–H and O–H groups in total. The third-order valence-corrected chi connectivity index (χ3v) is 2.32. The van der Waals surface area contributed by atoms with Crippen LogP contribution < -0.4 is 5.32 Å². The molecule has 3 fully saturated rings. The minimum atomic E-state index is 0.0602. The lowest BCUT2D eigenvalue weighted by Crippen LogP contribution is -2.63. The minimum absolute atomic E-state index is 0.0602. The quantitative estimate of drug-likeness (QED) is 0.521. The van der Waals surface area contributed by atoms with Crippen molar-refractivity contribution in [3.63, 3.8) is 0 Å². The summed E-state index contributed by atoms with van der Waals surface area (Å²) in [4.78, 5) is 0. The fourth-order valence-corrected chi connectivity index (χ4v) is 1.66. The van der Waals surface area contributed by atoms with Crippen LogP contribution >= 0.6 is 0 Å². The number of nitrogens with one attached hydrogen (secondary N) is 1. The van der Waals surface area contributed by atoms with Crippen LogP contribution in [0.4, 0.5) is 0 Å². The van der Waals surface area contributed by atoms with Crippen molar-refractivity contribution in [3.05, 3.63) is 0 Å². The maximum atomic E-state index is 8.69. The van der Waals surface area contributed by atoms with Gasteiger partial charge in [-0.15, -0.1) is 0 Å². The molecule has 0 aromatic carbocycles. The first kappa shape index (κ1) is 6.14. The average Bonchev–Trinajstić information content (AvgIpc) is 1.85. The average molecular weight is 138 g/mol. The molecule has 3 nitrogen and oxygen atoms in total. The van der Waals surface area contributed by atoms with Gasteiger partial charge in [-0.2, -0.15) is 5.26 Å². The number of piperidine rings is 1. The highest BCUT2D eigenvalue weighted by molar-refractivity contribution is 5.04. The van der Waals surface area contributed by atoms with Gasteiger partial charge in [0.15, 0.2) is 0 Å². The molecule has 0 aliphatic carbocycles. The van der Waals surface area contributed by atoms with Crippen LogP contribution in [0.5, 0.6) is 0 Å². The lowest BCUT2D eigenvalue weighted by atomic mass is 9.86. The van der Waals surface area contributed by atoms with E-state index in [1.165, 1.54) is 0 Å². The van der Waals surface area contributed by atoms with Crippen LogP contribution in [0.15, 0.2) is 0 Å². The summed E-state index contributed by atoms with van der Waals surface area (Å²) in [6.45, 7) is 2.04. The Kier molecular flexibility index (Phi) is 1.19. The Bertz CT molecular complexity index is 179. The van der Waals surface area contributed by atoms with Crippen molar-refractivity contribution in [2.75, 3.05) is 0 Å². The van der Waals surface area contributed by atoms with Crippen molar-refractivity contribution in [2.45, 2.75) is 31.7 Å². The Morgan fingerprint density at radius 1 is 1.70 bits per heavy atom.